The molecule has 0 aliphatic heterocycles. The largest absolute Gasteiger partial charge is 0.497 e. The van der Waals surface area contributed by atoms with Crippen LogP contribution < -0.4 is 19.6 Å². The van der Waals surface area contributed by atoms with Crippen molar-refractivity contribution >= 4 is 18.1 Å². The topological polar surface area (TPSA) is 86.2 Å². The zero-order chi connectivity index (χ0) is 21.3. The molecule has 3 aromatic rings. The van der Waals surface area contributed by atoms with Crippen molar-refractivity contribution in [3.05, 3.63) is 89.5 Å². The highest BCUT2D eigenvalue weighted by atomic mass is 16.6. The molecule has 0 radical (unpaired) electrons. The molecular formula is C23H20N2O5. The van der Waals surface area contributed by atoms with Crippen LogP contribution in [0.1, 0.15) is 26.3 Å². The molecule has 0 aliphatic carbocycles. The van der Waals surface area contributed by atoms with Crippen molar-refractivity contribution in [3.63, 3.8) is 0 Å². The lowest BCUT2D eigenvalue weighted by atomic mass is 10.2. The average Bonchev–Trinajstić information content (AvgIpc) is 2.80. The van der Waals surface area contributed by atoms with Crippen molar-refractivity contribution in [2.75, 3.05) is 14.2 Å². The van der Waals surface area contributed by atoms with Crippen LogP contribution in [0, 0.1) is 0 Å². The lowest BCUT2D eigenvalue weighted by Crippen LogP contribution is -2.17. The normalized spacial score (nSPS) is 10.5. The number of methoxy groups -OCH3 is 2. The molecule has 0 unspecified atom stereocenters. The van der Waals surface area contributed by atoms with E-state index < -0.39 is 5.97 Å². The number of hydrazone groups is 1. The van der Waals surface area contributed by atoms with Gasteiger partial charge in [-0.1, -0.05) is 18.2 Å². The molecule has 0 saturated heterocycles. The fourth-order valence-electron chi connectivity index (χ4n) is 2.55. The molecule has 152 valence electrons. The summed E-state index contributed by atoms with van der Waals surface area (Å²) in [6, 6.07) is 20.3. The molecular weight excluding hydrogens is 384 g/mol. The molecule has 0 aliphatic rings. The summed E-state index contributed by atoms with van der Waals surface area (Å²) in [5.41, 5.74) is 4.00. The Balaban J connectivity index is 1.65. The molecule has 1 N–H and O–H groups in total. The standard InChI is InChI=1S/C23H20N2O5/c1-28-19-11-9-17(10-12-19)22(26)25-24-15-16-8-13-20(21(14-16)29-2)30-23(27)18-6-4-3-5-7-18/h3-15H,1-2H3,(H,25,26)/b24-15-. The summed E-state index contributed by atoms with van der Waals surface area (Å²) in [6.45, 7) is 0. The van der Waals surface area contributed by atoms with E-state index in [4.69, 9.17) is 14.2 Å². The maximum absolute atomic E-state index is 12.2. The van der Waals surface area contributed by atoms with Crippen molar-refractivity contribution in [1.82, 2.24) is 5.43 Å². The zero-order valence-electron chi connectivity index (χ0n) is 16.5. The van der Waals surface area contributed by atoms with Gasteiger partial charge in [0.15, 0.2) is 11.5 Å². The summed E-state index contributed by atoms with van der Waals surface area (Å²) in [7, 11) is 3.03. The van der Waals surface area contributed by atoms with Crippen molar-refractivity contribution in [1.29, 1.82) is 0 Å². The molecule has 3 rings (SSSR count). The molecule has 0 aromatic heterocycles. The molecule has 3 aromatic carbocycles. The van der Waals surface area contributed by atoms with E-state index in [-0.39, 0.29) is 11.7 Å². The maximum Gasteiger partial charge on any atom is 0.343 e. The number of rotatable bonds is 7. The van der Waals surface area contributed by atoms with Crippen LogP contribution in [-0.2, 0) is 0 Å². The van der Waals surface area contributed by atoms with E-state index in [1.807, 2.05) is 6.07 Å². The van der Waals surface area contributed by atoms with E-state index in [0.717, 1.165) is 0 Å². The SMILES string of the molecule is COc1ccc(C(=O)N/N=C\c2ccc(OC(=O)c3ccccc3)c(OC)c2)cc1. The Kier molecular flexibility index (Phi) is 6.78. The van der Waals surface area contributed by atoms with E-state index in [1.54, 1.807) is 73.8 Å². The third-order valence-corrected chi connectivity index (χ3v) is 4.13. The highest BCUT2D eigenvalue weighted by Gasteiger charge is 2.12. The van der Waals surface area contributed by atoms with E-state index in [9.17, 15) is 9.59 Å². The van der Waals surface area contributed by atoms with Crippen LogP contribution in [0.25, 0.3) is 0 Å². The first-order valence-electron chi connectivity index (χ1n) is 9.03. The predicted molar refractivity (Wildman–Crippen MR) is 112 cm³/mol. The Hall–Kier alpha value is -4.13. The van der Waals surface area contributed by atoms with Crippen LogP contribution in [0.3, 0.4) is 0 Å². The fraction of sp³-hybridized carbons (Fsp3) is 0.0870. The zero-order valence-corrected chi connectivity index (χ0v) is 16.5. The third kappa shape index (κ3) is 5.23. The quantitative estimate of drug-likeness (QED) is 0.281. The van der Waals surface area contributed by atoms with Gasteiger partial charge in [0.05, 0.1) is 26.0 Å². The summed E-state index contributed by atoms with van der Waals surface area (Å²) in [6.07, 6.45) is 1.47. The van der Waals surface area contributed by atoms with E-state index in [1.165, 1.54) is 13.3 Å². The second-order valence-corrected chi connectivity index (χ2v) is 6.09. The predicted octanol–water partition coefficient (Wildman–Crippen LogP) is 3.69. The Morgan fingerprint density at radius 1 is 0.833 bits per heavy atom. The molecule has 1 amide bonds. The number of carbonyl (C=O) groups excluding carboxylic acids is 2. The number of hydrogen-bond donors (Lipinski definition) is 1. The Morgan fingerprint density at radius 2 is 1.57 bits per heavy atom. The summed E-state index contributed by atoms with van der Waals surface area (Å²) >= 11 is 0. The first kappa shape index (κ1) is 20.6. The molecule has 7 heteroatoms. The van der Waals surface area contributed by atoms with E-state index in [0.29, 0.717) is 28.2 Å². The number of nitrogens with zero attached hydrogens (tertiary/aromatic N) is 1. The molecule has 0 saturated carbocycles. The lowest BCUT2D eigenvalue weighted by Gasteiger charge is -2.10. The summed E-state index contributed by atoms with van der Waals surface area (Å²) < 4.78 is 15.8. The second-order valence-electron chi connectivity index (χ2n) is 6.09. The van der Waals surface area contributed by atoms with Crippen LogP contribution in [0.15, 0.2) is 77.9 Å². The minimum atomic E-state index is -0.484. The molecule has 0 bridgehead atoms. The molecule has 0 atom stereocenters. The number of carbonyl (C=O) groups is 2. The van der Waals surface area contributed by atoms with Gasteiger partial charge in [0.2, 0.25) is 0 Å². The van der Waals surface area contributed by atoms with Gasteiger partial charge < -0.3 is 14.2 Å². The van der Waals surface area contributed by atoms with Gasteiger partial charge in [-0.05, 0) is 60.2 Å². The Morgan fingerprint density at radius 3 is 2.23 bits per heavy atom. The molecule has 30 heavy (non-hydrogen) atoms. The number of benzene rings is 3. The summed E-state index contributed by atoms with van der Waals surface area (Å²) in [4.78, 5) is 24.3. The van der Waals surface area contributed by atoms with Crippen molar-refractivity contribution in [2.45, 2.75) is 0 Å². The van der Waals surface area contributed by atoms with Crippen molar-refractivity contribution < 1.29 is 23.8 Å². The first-order chi connectivity index (χ1) is 14.6. The molecule has 0 fully saturated rings. The fourth-order valence-corrected chi connectivity index (χ4v) is 2.55. The maximum atomic E-state index is 12.2. The van der Waals surface area contributed by atoms with Gasteiger partial charge >= 0.3 is 5.97 Å². The highest BCUT2D eigenvalue weighted by Crippen LogP contribution is 2.28. The van der Waals surface area contributed by atoms with Gasteiger partial charge in [-0.25, -0.2) is 10.2 Å². The number of esters is 1. The molecule has 7 nitrogen and oxygen atoms in total. The average molecular weight is 404 g/mol. The van der Waals surface area contributed by atoms with Gasteiger partial charge in [0.1, 0.15) is 5.75 Å². The minimum Gasteiger partial charge on any atom is -0.497 e. The van der Waals surface area contributed by atoms with Crippen LogP contribution in [-0.4, -0.2) is 32.3 Å². The highest BCUT2D eigenvalue weighted by molar-refractivity contribution is 5.95. The van der Waals surface area contributed by atoms with E-state index in [2.05, 4.69) is 10.5 Å². The van der Waals surface area contributed by atoms with Crippen molar-refractivity contribution in [2.24, 2.45) is 5.10 Å². The molecule has 0 spiro atoms. The second kappa shape index (κ2) is 9.88. The number of amides is 1. The van der Waals surface area contributed by atoms with Crippen LogP contribution in [0.2, 0.25) is 0 Å². The van der Waals surface area contributed by atoms with Gasteiger partial charge in [-0.2, -0.15) is 5.10 Å². The van der Waals surface area contributed by atoms with E-state index >= 15 is 0 Å². The smallest absolute Gasteiger partial charge is 0.343 e. The number of hydrogen-bond acceptors (Lipinski definition) is 6. The summed E-state index contributed by atoms with van der Waals surface area (Å²) in [5.74, 6) is 0.474. The molecule has 0 heterocycles. The lowest BCUT2D eigenvalue weighted by molar-refractivity contribution is 0.0729. The van der Waals surface area contributed by atoms with Gasteiger partial charge in [-0.3, -0.25) is 4.79 Å². The first-order valence-corrected chi connectivity index (χ1v) is 9.03. The van der Waals surface area contributed by atoms with Gasteiger partial charge in [-0.15, -0.1) is 0 Å². The Bertz CT molecular complexity index is 1050. The van der Waals surface area contributed by atoms with Gasteiger partial charge in [0.25, 0.3) is 5.91 Å². The van der Waals surface area contributed by atoms with Crippen LogP contribution in [0.5, 0.6) is 17.2 Å². The minimum absolute atomic E-state index is 0.283. The monoisotopic (exact) mass is 404 g/mol. The van der Waals surface area contributed by atoms with Crippen molar-refractivity contribution in [3.8, 4) is 17.2 Å². The third-order valence-electron chi connectivity index (χ3n) is 4.13. The number of ether oxygens (including phenoxy) is 3. The summed E-state index contributed by atoms with van der Waals surface area (Å²) in [5, 5.41) is 3.95. The Labute approximate surface area is 173 Å². The van der Waals surface area contributed by atoms with Crippen LogP contribution in [0.4, 0.5) is 0 Å². The number of nitrogens with one attached hydrogen (secondary N) is 1. The van der Waals surface area contributed by atoms with Crippen LogP contribution >= 0.6 is 0 Å². The van der Waals surface area contributed by atoms with Gasteiger partial charge in [0, 0.05) is 5.56 Å².